The molecule has 0 aliphatic heterocycles. The fourth-order valence-corrected chi connectivity index (χ4v) is 2.75. The van der Waals surface area contributed by atoms with Gasteiger partial charge in [-0.3, -0.25) is 0 Å². The second kappa shape index (κ2) is 4.37. The lowest BCUT2D eigenvalue weighted by Gasteiger charge is -2.03. The first-order valence-corrected chi connectivity index (χ1v) is 5.97. The normalized spacial score (nSPS) is 11.1. The van der Waals surface area contributed by atoms with Crippen LogP contribution in [0.25, 0.3) is 10.9 Å². The van der Waals surface area contributed by atoms with Crippen molar-refractivity contribution in [3.8, 4) is 0 Å². The third kappa shape index (κ3) is 1.82. The summed E-state index contributed by atoms with van der Waals surface area (Å²) in [5.41, 5.74) is 8.16. The highest BCUT2D eigenvalue weighted by atomic mass is 79.9. The average Bonchev–Trinajstić information content (AvgIpc) is 2.51. The highest BCUT2D eigenvalue weighted by Gasteiger charge is 2.11. The van der Waals surface area contributed by atoms with Gasteiger partial charge in [-0.25, -0.2) is 0 Å². The summed E-state index contributed by atoms with van der Waals surface area (Å²) in [7, 11) is 2.11. The van der Waals surface area contributed by atoms with E-state index in [0.717, 1.165) is 19.4 Å². The molecular weight excluding hydrogens is 252 g/mol. The molecule has 0 aliphatic carbocycles. The average molecular weight is 267 g/mol. The summed E-state index contributed by atoms with van der Waals surface area (Å²) in [6.07, 6.45) is 2.06. The maximum absolute atomic E-state index is 5.55. The van der Waals surface area contributed by atoms with Crippen LogP contribution in [0.5, 0.6) is 0 Å². The lowest BCUT2D eigenvalue weighted by molar-refractivity contribution is 0.762. The van der Waals surface area contributed by atoms with Crippen LogP contribution in [0.4, 0.5) is 0 Å². The summed E-state index contributed by atoms with van der Waals surface area (Å²) < 4.78 is 3.46. The van der Waals surface area contributed by atoms with Gasteiger partial charge in [-0.15, -0.1) is 0 Å². The molecule has 0 amide bonds. The van der Waals surface area contributed by atoms with Crippen LogP contribution >= 0.6 is 15.9 Å². The molecule has 3 heteroatoms. The second-order valence-corrected chi connectivity index (χ2v) is 4.52. The van der Waals surface area contributed by atoms with Crippen LogP contribution in [0.1, 0.15) is 12.1 Å². The first-order chi connectivity index (χ1) is 7.25. The van der Waals surface area contributed by atoms with Crippen LogP contribution < -0.4 is 5.73 Å². The van der Waals surface area contributed by atoms with E-state index in [1.807, 2.05) is 0 Å². The highest BCUT2D eigenvalue weighted by Crippen LogP contribution is 2.30. The van der Waals surface area contributed by atoms with E-state index in [1.165, 1.54) is 21.1 Å². The molecular formula is C12H15BrN2. The van der Waals surface area contributed by atoms with Crippen molar-refractivity contribution in [2.45, 2.75) is 12.8 Å². The molecule has 15 heavy (non-hydrogen) atoms. The van der Waals surface area contributed by atoms with Gasteiger partial charge in [0.05, 0.1) is 0 Å². The summed E-state index contributed by atoms with van der Waals surface area (Å²) in [6, 6.07) is 8.43. The van der Waals surface area contributed by atoms with E-state index < -0.39 is 0 Å². The Labute approximate surface area is 98.2 Å². The summed E-state index contributed by atoms with van der Waals surface area (Å²) in [5.74, 6) is 0. The summed E-state index contributed by atoms with van der Waals surface area (Å²) in [6.45, 7) is 0.744. The Bertz CT molecular complexity index is 435. The number of hydrogen-bond donors (Lipinski definition) is 1. The minimum atomic E-state index is 0.744. The largest absolute Gasteiger partial charge is 0.347 e. The molecule has 1 heterocycles. The molecule has 0 fully saturated rings. The molecule has 1 aromatic heterocycles. The molecule has 80 valence electrons. The predicted molar refractivity (Wildman–Crippen MR) is 68.0 cm³/mol. The monoisotopic (exact) mass is 266 g/mol. The van der Waals surface area contributed by atoms with E-state index in [0.29, 0.717) is 0 Å². The SMILES string of the molecule is Cn1c(CCCN)c(Br)c2ccccc21. The zero-order chi connectivity index (χ0) is 10.8. The van der Waals surface area contributed by atoms with Crippen LogP contribution in [-0.4, -0.2) is 11.1 Å². The molecule has 2 rings (SSSR count). The summed E-state index contributed by atoms with van der Waals surface area (Å²) >= 11 is 3.67. The Morgan fingerprint density at radius 1 is 1.33 bits per heavy atom. The van der Waals surface area contributed by atoms with Crippen LogP contribution in [0.15, 0.2) is 28.7 Å². The zero-order valence-electron chi connectivity index (χ0n) is 8.83. The van der Waals surface area contributed by atoms with Crippen molar-refractivity contribution >= 4 is 26.8 Å². The van der Waals surface area contributed by atoms with E-state index in [1.54, 1.807) is 0 Å². The van der Waals surface area contributed by atoms with Crippen molar-refractivity contribution in [1.29, 1.82) is 0 Å². The molecule has 2 N–H and O–H groups in total. The Balaban J connectivity index is 2.54. The third-order valence-electron chi connectivity index (χ3n) is 2.78. The van der Waals surface area contributed by atoms with Gasteiger partial charge in [0, 0.05) is 28.1 Å². The molecule has 0 saturated carbocycles. The van der Waals surface area contributed by atoms with Gasteiger partial charge in [0.1, 0.15) is 0 Å². The fraction of sp³-hybridized carbons (Fsp3) is 0.333. The highest BCUT2D eigenvalue weighted by molar-refractivity contribution is 9.10. The van der Waals surface area contributed by atoms with E-state index in [2.05, 4.69) is 51.8 Å². The molecule has 0 unspecified atom stereocenters. The smallest absolute Gasteiger partial charge is 0.0491 e. The van der Waals surface area contributed by atoms with Gasteiger partial charge in [0.25, 0.3) is 0 Å². The Morgan fingerprint density at radius 2 is 2.07 bits per heavy atom. The minimum Gasteiger partial charge on any atom is -0.347 e. The van der Waals surface area contributed by atoms with Gasteiger partial charge in [-0.1, -0.05) is 18.2 Å². The second-order valence-electron chi connectivity index (χ2n) is 3.73. The lowest BCUT2D eigenvalue weighted by Crippen LogP contribution is -2.03. The number of para-hydroxylation sites is 1. The fourth-order valence-electron chi connectivity index (χ4n) is 1.95. The Hall–Kier alpha value is -0.800. The quantitative estimate of drug-likeness (QED) is 0.910. The number of hydrogen-bond acceptors (Lipinski definition) is 1. The molecule has 0 spiro atoms. The Kier molecular flexibility index (Phi) is 3.12. The molecule has 1 aromatic carbocycles. The first-order valence-electron chi connectivity index (χ1n) is 5.17. The molecule has 2 aromatic rings. The summed E-state index contributed by atoms with van der Waals surface area (Å²) in [5, 5.41) is 1.28. The van der Waals surface area contributed by atoms with Gasteiger partial charge in [-0.05, 0) is 41.4 Å². The zero-order valence-corrected chi connectivity index (χ0v) is 10.4. The number of nitrogens with two attached hydrogens (primary N) is 1. The number of halogens is 1. The lowest BCUT2D eigenvalue weighted by atomic mass is 10.2. The van der Waals surface area contributed by atoms with Crippen molar-refractivity contribution < 1.29 is 0 Å². The van der Waals surface area contributed by atoms with Crippen molar-refractivity contribution in [2.24, 2.45) is 12.8 Å². The van der Waals surface area contributed by atoms with Crippen molar-refractivity contribution in [2.75, 3.05) is 6.54 Å². The summed E-state index contributed by atoms with van der Waals surface area (Å²) in [4.78, 5) is 0. The van der Waals surface area contributed by atoms with Gasteiger partial charge >= 0.3 is 0 Å². The number of rotatable bonds is 3. The molecule has 0 saturated heterocycles. The van der Waals surface area contributed by atoms with Gasteiger partial charge in [-0.2, -0.15) is 0 Å². The van der Waals surface area contributed by atoms with Gasteiger partial charge < -0.3 is 10.3 Å². The topological polar surface area (TPSA) is 30.9 Å². The minimum absolute atomic E-state index is 0.744. The number of fused-ring (bicyclic) bond motifs is 1. The van der Waals surface area contributed by atoms with E-state index >= 15 is 0 Å². The maximum atomic E-state index is 5.55. The Morgan fingerprint density at radius 3 is 2.73 bits per heavy atom. The third-order valence-corrected chi connectivity index (χ3v) is 3.66. The van der Waals surface area contributed by atoms with E-state index in [-0.39, 0.29) is 0 Å². The number of aryl methyl sites for hydroxylation is 1. The molecule has 0 radical (unpaired) electrons. The van der Waals surface area contributed by atoms with Crippen molar-refractivity contribution in [1.82, 2.24) is 4.57 Å². The van der Waals surface area contributed by atoms with Crippen LogP contribution in [0, 0.1) is 0 Å². The van der Waals surface area contributed by atoms with Gasteiger partial charge in [0.15, 0.2) is 0 Å². The predicted octanol–water partition coefficient (Wildman–Crippen LogP) is 2.83. The van der Waals surface area contributed by atoms with Crippen LogP contribution in [0.2, 0.25) is 0 Å². The number of aromatic nitrogens is 1. The standard InChI is InChI=1S/C12H15BrN2/c1-15-10-6-3-2-5-9(10)12(13)11(15)7-4-8-14/h2-3,5-6H,4,7-8,14H2,1H3. The molecule has 0 atom stereocenters. The van der Waals surface area contributed by atoms with Crippen LogP contribution in [0.3, 0.4) is 0 Å². The number of nitrogens with zero attached hydrogens (tertiary/aromatic N) is 1. The molecule has 0 bridgehead atoms. The molecule has 2 nitrogen and oxygen atoms in total. The van der Waals surface area contributed by atoms with Crippen LogP contribution in [-0.2, 0) is 13.5 Å². The van der Waals surface area contributed by atoms with Crippen molar-refractivity contribution in [3.05, 3.63) is 34.4 Å². The first kappa shape index (κ1) is 10.7. The molecule has 0 aliphatic rings. The van der Waals surface area contributed by atoms with Gasteiger partial charge in [0.2, 0.25) is 0 Å². The van der Waals surface area contributed by atoms with E-state index in [9.17, 15) is 0 Å². The number of benzene rings is 1. The van der Waals surface area contributed by atoms with E-state index in [4.69, 9.17) is 5.73 Å². The maximum Gasteiger partial charge on any atom is 0.0491 e. The van der Waals surface area contributed by atoms with Crippen molar-refractivity contribution in [3.63, 3.8) is 0 Å².